The third kappa shape index (κ3) is 6.22. The summed E-state index contributed by atoms with van der Waals surface area (Å²) in [6, 6.07) is 15.0. The summed E-state index contributed by atoms with van der Waals surface area (Å²) in [6.07, 6.45) is 2.45. The SMILES string of the molecule is C[C@]12C=CC(=O)C=C1[C@@H](F)C[C@H]1[C@@H]3C[C@H]4O[C@@H](c5ccc(Sc6cccc(NC(=O)C7CCC(CN8C(=O)C=CC8=O)CC7)c6)cc5)O[C@@]4(C(O)C=O)[C@@]3(C)C[C@H](O)[C@@]12F. The van der Waals surface area contributed by atoms with Gasteiger partial charge in [-0.15, -0.1) is 0 Å². The van der Waals surface area contributed by atoms with Crippen molar-refractivity contribution in [3.05, 3.63) is 90.0 Å². The van der Waals surface area contributed by atoms with Crippen molar-refractivity contribution in [3.8, 4) is 0 Å². The Morgan fingerprint density at radius 1 is 1.00 bits per heavy atom. The Balaban J connectivity index is 0.860. The molecule has 1 unspecified atom stereocenters. The Bertz CT molecular complexity index is 2210. The van der Waals surface area contributed by atoms with E-state index in [1.54, 1.807) is 6.92 Å². The van der Waals surface area contributed by atoms with Crippen LogP contribution in [0.3, 0.4) is 0 Å². The Hall–Kier alpha value is -4.34. The normalized spacial score (nSPS) is 39.7. The minimum absolute atomic E-state index is 0.0174. The van der Waals surface area contributed by atoms with Crippen LogP contribution in [0.25, 0.3) is 0 Å². The highest BCUT2D eigenvalue weighted by Crippen LogP contribution is 2.73. The van der Waals surface area contributed by atoms with Crippen LogP contribution in [-0.4, -0.2) is 87.2 Å². The van der Waals surface area contributed by atoms with Gasteiger partial charge in [-0.1, -0.05) is 43.0 Å². The summed E-state index contributed by atoms with van der Waals surface area (Å²) < 4.78 is 46.8. The molecule has 60 heavy (non-hydrogen) atoms. The Morgan fingerprint density at radius 2 is 1.72 bits per heavy atom. The summed E-state index contributed by atoms with van der Waals surface area (Å²) in [5.41, 5.74) is -5.44. The lowest BCUT2D eigenvalue weighted by Crippen LogP contribution is -2.71. The number of aldehydes is 1. The largest absolute Gasteiger partial charge is 0.390 e. The van der Waals surface area contributed by atoms with Crippen molar-refractivity contribution in [3.63, 3.8) is 0 Å². The van der Waals surface area contributed by atoms with Gasteiger partial charge in [-0.3, -0.25) is 24.1 Å². The number of allylic oxidation sites excluding steroid dienone is 4. The van der Waals surface area contributed by atoms with E-state index in [-0.39, 0.29) is 54.4 Å². The van der Waals surface area contributed by atoms with Crippen molar-refractivity contribution < 1.29 is 52.4 Å². The summed E-state index contributed by atoms with van der Waals surface area (Å²) >= 11 is 1.48. The lowest BCUT2D eigenvalue weighted by atomic mass is 9.44. The van der Waals surface area contributed by atoms with Gasteiger partial charge < -0.3 is 29.8 Å². The molecule has 11 nitrogen and oxygen atoms in total. The van der Waals surface area contributed by atoms with Gasteiger partial charge in [0.2, 0.25) is 5.91 Å². The van der Waals surface area contributed by atoms with E-state index in [0.717, 1.165) is 28.7 Å². The minimum atomic E-state index is -2.33. The number of aliphatic hydroxyl groups is 2. The fraction of sp³-hybridized carbons (Fsp3) is 0.500. The zero-order valence-corrected chi connectivity index (χ0v) is 34.1. The van der Waals surface area contributed by atoms with E-state index in [9.17, 15) is 34.2 Å². The number of ketones is 1. The number of hydrogen-bond acceptors (Lipinski definition) is 10. The molecule has 9 rings (SSSR count). The lowest BCUT2D eigenvalue weighted by Gasteiger charge is -2.63. The highest BCUT2D eigenvalue weighted by molar-refractivity contribution is 7.99. The summed E-state index contributed by atoms with van der Waals surface area (Å²) in [5, 5.41) is 26.3. The number of imide groups is 1. The molecule has 5 fully saturated rings. The number of halogens is 2. The molecule has 2 aliphatic heterocycles. The number of ether oxygens (including phenoxy) is 2. The number of nitrogens with zero attached hydrogens (tertiary/aromatic N) is 1. The molecule has 2 aromatic rings. The number of anilines is 1. The maximum atomic E-state index is 17.7. The van der Waals surface area contributed by atoms with Crippen molar-refractivity contribution in [2.75, 3.05) is 11.9 Å². The van der Waals surface area contributed by atoms with E-state index in [1.807, 2.05) is 48.5 Å². The maximum Gasteiger partial charge on any atom is 0.253 e. The average molecular weight is 843 g/mol. The molecule has 2 aromatic carbocycles. The summed E-state index contributed by atoms with van der Waals surface area (Å²) in [5.74, 6) is -2.71. The van der Waals surface area contributed by atoms with E-state index in [1.165, 1.54) is 47.9 Å². The average Bonchev–Trinajstić information content (AvgIpc) is 3.85. The first kappa shape index (κ1) is 41.0. The van der Waals surface area contributed by atoms with Crippen molar-refractivity contribution >= 4 is 47.2 Å². The summed E-state index contributed by atoms with van der Waals surface area (Å²) in [6.45, 7) is 3.67. The first-order valence-electron chi connectivity index (χ1n) is 20.8. The third-order valence-electron chi connectivity index (χ3n) is 15.1. The first-order chi connectivity index (χ1) is 28.6. The summed E-state index contributed by atoms with van der Waals surface area (Å²) in [4.78, 5) is 64.8. The molecular weight excluding hydrogens is 795 g/mol. The molecule has 2 heterocycles. The van der Waals surface area contributed by atoms with E-state index in [4.69, 9.17) is 9.47 Å². The smallest absolute Gasteiger partial charge is 0.253 e. The standard InChI is InChI=1S/C46H48F2N2O9S/c1-43-17-16-29(52)19-34(43)35(47)20-33-32-21-38-46(37(54)24-51,44(32,2)22-36(53)45(33,43)48)59-42(58-38)27-10-12-30(13-11-27)60-31-5-3-4-28(18-31)49-41(57)26-8-6-25(7-9-26)23-50-39(55)14-15-40(50)56/h3-5,10-19,24-26,32-33,35-38,42,53-54H,6-9,20-23H2,1-2H3,(H,49,57)/t25?,26?,32-,33-,35-,36-,37?,38+,42+,43-,44-,45-,46+/m0/s1. The van der Waals surface area contributed by atoms with Crippen molar-refractivity contribution in [2.24, 2.45) is 34.5 Å². The highest BCUT2D eigenvalue weighted by Gasteiger charge is 2.79. The first-order valence-corrected chi connectivity index (χ1v) is 21.6. The van der Waals surface area contributed by atoms with Gasteiger partial charge in [-0.2, -0.15) is 0 Å². The second kappa shape index (κ2) is 14.9. The zero-order valence-electron chi connectivity index (χ0n) is 33.3. The van der Waals surface area contributed by atoms with Gasteiger partial charge in [0, 0.05) is 62.4 Å². The molecule has 1 saturated heterocycles. The van der Waals surface area contributed by atoms with Crippen molar-refractivity contribution in [2.45, 2.75) is 111 Å². The molecule has 0 spiro atoms. The number of benzene rings is 2. The predicted octanol–water partition coefficient (Wildman–Crippen LogP) is 6.15. The van der Waals surface area contributed by atoms with Gasteiger partial charge in [-0.05, 0) is 112 Å². The Labute approximate surface area is 350 Å². The molecule has 7 aliphatic rings. The van der Waals surface area contributed by atoms with Crippen LogP contribution in [0.4, 0.5) is 14.5 Å². The van der Waals surface area contributed by atoms with Gasteiger partial charge in [0.1, 0.15) is 17.9 Å². The number of amides is 3. The van der Waals surface area contributed by atoms with Crippen LogP contribution in [0, 0.1) is 34.5 Å². The van der Waals surface area contributed by atoms with E-state index in [2.05, 4.69) is 5.32 Å². The van der Waals surface area contributed by atoms with Gasteiger partial charge in [0.25, 0.3) is 11.8 Å². The fourth-order valence-corrected chi connectivity index (χ4v) is 12.8. The number of fused-ring (bicyclic) bond motifs is 7. The van der Waals surface area contributed by atoms with Crippen LogP contribution in [0.1, 0.15) is 70.6 Å². The molecule has 0 radical (unpaired) electrons. The highest BCUT2D eigenvalue weighted by atomic mass is 32.2. The van der Waals surface area contributed by atoms with Crippen LogP contribution in [0.15, 0.2) is 94.3 Å². The number of rotatable bonds is 9. The van der Waals surface area contributed by atoms with E-state index >= 15 is 8.78 Å². The summed E-state index contributed by atoms with van der Waals surface area (Å²) in [7, 11) is 0. The topological polar surface area (TPSA) is 160 Å². The fourth-order valence-electron chi connectivity index (χ4n) is 12.0. The Kier molecular flexibility index (Phi) is 10.2. The molecule has 5 aliphatic carbocycles. The number of hydrogen-bond donors (Lipinski definition) is 3. The number of aliphatic hydroxyl groups excluding tert-OH is 2. The second-order valence-electron chi connectivity index (χ2n) is 18.1. The number of nitrogens with one attached hydrogen (secondary N) is 1. The van der Waals surface area contributed by atoms with Crippen LogP contribution in [0.2, 0.25) is 0 Å². The molecule has 14 heteroatoms. The zero-order chi connectivity index (χ0) is 42.4. The quantitative estimate of drug-likeness (QED) is 0.198. The van der Waals surface area contributed by atoms with Crippen LogP contribution in [0.5, 0.6) is 0 Å². The second-order valence-corrected chi connectivity index (χ2v) is 19.2. The van der Waals surface area contributed by atoms with Gasteiger partial charge >= 0.3 is 0 Å². The third-order valence-corrected chi connectivity index (χ3v) is 16.1. The molecule has 11 atom stereocenters. The van der Waals surface area contributed by atoms with Crippen LogP contribution >= 0.6 is 11.8 Å². The van der Waals surface area contributed by atoms with E-state index in [0.29, 0.717) is 36.9 Å². The number of carbonyl (C=O) groups is 5. The lowest BCUT2D eigenvalue weighted by molar-refractivity contribution is -0.251. The monoisotopic (exact) mass is 842 g/mol. The minimum Gasteiger partial charge on any atom is -0.390 e. The van der Waals surface area contributed by atoms with Crippen molar-refractivity contribution in [1.82, 2.24) is 4.90 Å². The number of carbonyl (C=O) groups excluding carboxylic acids is 5. The number of alkyl halides is 2. The molecular formula is C46H48F2N2O9S. The molecule has 316 valence electrons. The van der Waals surface area contributed by atoms with Gasteiger partial charge in [0.05, 0.1) is 12.2 Å². The predicted molar refractivity (Wildman–Crippen MR) is 214 cm³/mol. The molecule has 3 N–H and O–H groups in total. The van der Waals surface area contributed by atoms with E-state index < -0.39 is 70.5 Å². The van der Waals surface area contributed by atoms with Crippen molar-refractivity contribution in [1.29, 1.82) is 0 Å². The maximum absolute atomic E-state index is 17.7. The molecule has 0 bridgehead atoms. The molecule has 0 aromatic heterocycles. The van der Waals surface area contributed by atoms with Gasteiger partial charge in [-0.25, -0.2) is 8.78 Å². The van der Waals surface area contributed by atoms with Crippen LogP contribution < -0.4 is 5.32 Å². The molecule has 4 saturated carbocycles. The van der Waals surface area contributed by atoms with Gasteiger partial charge in [0.15, 0.2) is 24.0 Å². The van der Waals surface area contributed by atoms with Crippen LogP contribution in [-0.2, 0) is 33.4 Å². The molecule has 3 amide bonds. The Morgan fingerprint density at radius 3 is 2.42 bits per heavy atom.